The Labute approximate surface area is 108 Å². The molecule has 0 radical (unpaired) electrons. The maximum Gasteiger partial charge on any atom is 0.308 e. The second-order valence-corrected chi connectivity index (χ2v) is 4.42. The van der Waals surface area contributed by atoms with E-state index >= 15 is 0 Å². The lowest BCUT2D eigenvalue weighted by Crippen LogP contribution is -2.26. The van der Waals surface area contributed by atoms with E-state index in [1.165, 1.54) is 17.0 Å². The van der Waals surface area contributed by atoms with Crippen molar-refractivity contribution in [2.45, 2.75) is 13.3 Å². The summed E-state index contributed by atoms with van der Waals surface area (Å²) < 4.78 is 0. The molecule has 2 rings (SSSR count). The van der Waals surface area contributed by atoms with Crippen LogP contribution >= 0.6 is 0 Å². The maximum absolute atomic E-state index is 11.8. The summed E-state index contributed by atoms with van der Waals surface area (Å²) in [4.78, 5) is 34.4. The predicted octanol–water partition coefficient (Wildman–Crippen LogP) is 1.34. The number of rotatable bonds is 3. The summed E-state index contributed by atoms with van der Waals surface area (Å²) in [5.41, 5.74) is 0.693. The molecule has 7 heteroatoms. The van der Waals surface area contributed by atoms with Gasteiger partial charge < -0.3 is 10.0 Å². The van der Waals surface area contributed by atoms with Crippen LogP contribution in [0.4, 0.5) is 11.4 Å². The fourth-order valence-corrected chi connectivity index (χ4v) is 2.21. The summed E-state index contributed by atoms with van der Waals surface area (Å²) in [6.07, 6.45) is -0.0720. The van der Waals surface area contributed by atoms with Crippen LogP contribution < -0.4 is 4.90 Å². The number of nitro groups is 1. The van der Waals surface area contributed by atoms with Gasteiger partial charge in [-0.2, -0.15) is 0 Å². The van der Waals surface area contributed by atoms with E-state index in [-0.39, 0.29) is 24.6 Å². The molecule has 1 fully saturated rings. The Hall–Kier alpha value is -2.44. The van der Waals surface area contributed by atoms with Crippen LogP contribution in [0.5, 0.6) is 0 Å². The molecule has 1 N–H and O–H groups in total. The summed E-state index contributed by atoms with van der Waals surface area (Å²) in [6, 6.07) is 4.43. The molecule has 7 nitrogen and oxygen atoms in total. The molecular weight excluding hydrogens is 252 g/mol. The van der Waals surface area contributed by atoms with Gasteiger partial charge in [-0.15, -0.1) is 0 Å². The molecule has 1 heterocycles. The van der Waals surface area contributed by atoms with Crippen molar-refractivity contribution in [3.05, 3.63) is 33.9 Å². The number of hydrogen-bond acceptors (Lipinski definition) is 4. The highest BCUT2D eigenvalue weighted by Crippen LogP contribution is 2.32. The third-order valence-electron chi connectivity index (χ3n) is 3.24. The Morgan fingerprint density at radius 3 is 2.74 bits per heavy atom. The van der Waals surface area contributed by atoms with Crippen LogP contribution in [-0.2, 0) is 9.59 Å². The Bertz CT molecular complexity index is 569. The molecule has 1 aliphatic heterocycles. The van der Waals surface area contributed by atoms with E-state index in [1.807, 2.05) is 0 Å². The average Bonchev–Trinajstić information content (AvgIpc) is 2.71. The molecule has 1 aromatic carbocycles. The first-order valence-corrected chi connectivity index (χ1v) is 5.69. The Kier molecular flexibility index (Phi) is 3.20. The number of anilines is 1. The number of nitro benzene ring substituents is 1. The van der Waals surface area contributed by atoms with E-state index < -0.39 is 16.8 Å². The van der Waals surface area contributed by atoms with Crippen molar-refractivity contribution >= 4 is 23.3 Å². The van der Waals surface area contributed by atoms with E-state index in [9.17, 15) is 19.7 Å². The van der Waals surface area contributed by atoms with Crippen LogP contribution in [0.2, 0.25) is 0 Å². The van der Waals surface area contributed by atoms with Crippen molar-refractivity contribution in [2.24, 2.45) is 5.92 Å². The molecule has 0 bridgehead atoms. The van der Waals surface area contributed by atoms with Gasteiger partial charge in [0, 0.05) is 19.0 Å². The van der Waals surface area contributed by atoms with Gasteiger partial charge in [-0.25, -0.2) is 0 Å². The average molecular weight is 264 g/mol. The molecule has 1 atom stereocenters. The number of aliphatic carboxylic acids is 1. The van der Waals surface area contributed by atoms with Gasteiger partial charge in [0.05, 0.1) is 22.1 Å². The number of benzene rings is 1. The van der Waals surface area contributed by atoms with Gasteiger partial charge in [-0.3, -0.25) is 19.7 Å². The smallest absolute Gasteiger partial charge is 0.308 e. The monoisotopic (exact) mass is 264 g/mol. The minimum Gasteiger partial charge on any atom is -0.481 e. The Balaban J connectivity index is 2.38. The van der Waals surface area contributed by atoms with Crippen molar-refractivity contribution in [1.82, 2.24) is 0 Å². The number of nitrogens with zero attached hydrogens (tertiary/aromatic N) is 2. The molecular formula is C12H12N2O5. The van der Waals surface area contributed by atoms with Crippen LogP contribution in [0.25, 0.3) is 0 Å². The summed E-state index contributed by atoms with van der Waals surface area (Å²) in [5.74, 6) is -2.11. The molecule has 1 aliphatic rings. The summed E-state index contributed by atoms with van der Waals surface area (Å²) in [7, 11) is 0. The number of carbonyl (C=O) groups excluding carboxylic acids is 1. The highest BCUT2D eigenvalue weighted by Gasteiger charge is 2.36. The minimum absolute atomic E-state index is 0.0518. The number of carbonyl (C=O) groups is 2. The first-order chi connectivity index (χ1) is 8.91. The van der Waals surface area contributed by atoms with Crippen molar-refractivity contribution in [2.75, 3.05) is 11.4 Å². The zero-order valence-corrected chi connectivity index (χ0v) is 10.2. The first kappa shape index (κ1) is 13.0. The first-order valence-electron chi connectivity index (χ1n) is 5.69. The van der Waals surface area contributed by atoms with Crippen LogP contribution in [-0.4, -0.2) is 28.5 Å². The highest BCUT2D eigenvalue weighted by molar-refractivity contribution is 6.00. The van der Waals surface area contributed by atoms with Crippen LogP contribution in [0, 0.1) is 23.0 Å². The molecule has 0 aromatic heterocycles. The van der Waals surface area contributed by atoms with Crippen LogP contribution in [0.3, 0.4) is 0 Å². The topological polar surface area (TPSA) is 101 Å². The van der Waals surface area contributed by atoms with E-state index in [0.29, 0.717) is 11.3 Å². The molecule has 1 aromatic rings. The lowest BCUT2D eigenvalue weighted by atomic mass is 10.1. The summed E-state index contributed by atoms with van der Waals surface area (Å²) in [6.45, 7) is 1.60. The molecule has 1 saturated heterocycles. The highest BCUT2D eigenvalue weighted by atomic mass is 16.6. The normalized spacial score (nSPS) is 18.7. The third kappa shape index (κ3) is 2.26. The summed E-state index contributed by atoms with van der Waals surface area (Å²) in [5, 5.41) is 19.8. The van der Waals surface area contributed by atoms with Gasteiger partial charge in [0.2, 0.25) is 5.91 Å². The van der Waals surface area contributed by atoms with Gasteiger partial charge in [-0.1, -0.05) is 6.07 Å². The fraction of sp³-hybridized carbons (Fsp3) is 0.333. The van der Waals surface area contributed by atoms with Crippen molar-refractivity contribution in [3.63, 3.8) is 0 Å². The zero-order valence-electron chi connectivity index (χ0n) is 10.2. The maximum atomic E-state index is 11.8. The quantitative estimate of drug-likeness (QED) is 0.655. The molecule has 0 aliphatic carbocycles. The number of carboxylic acids is 1. The number of amides is 1. The Morgan fingerprint density at radius 2 is 2.21 bits per heavy atom. The number of hydrogen-bond donors (Lipinski definition) is 1. The third-order valence-corrected chi connectivity index (χ3v) is 3.24. The van der Waals surface area contributed by atoms with Gasteiger partial charge in [0.25, 0.3) is 5.69 Å². The van der Waals surface area contributed by atoms with Gasteiger partial charge >= 0.3 is 5.97 Å². The van der Waals surface area contributed by atoms with Crippen LogP contribution in [0.15, 0.2) is 18.2 Å². The van der Waals surface area contributed by atoms with Gasteiger partial charge in [0.15, 0.2) is 0 Å². The molecule has 1 amide bonds. The fourth-order valence-electron chi connectivity index (χ4n) is 2.21. The second-order valence-electron chi connectivity index (χ2n) is 4.42. The lowest BCUT2D eigenvalue weighted by Gasteiger charge is -2.18. The van der Waals surface area contributed by atoms with Gasteiger partial charge in [-0.05, 0) is 13.0 Å². The van der Waals surface area contributed by atoms with E-state index in [1.54, 1.807) is 13.0 Å². The largest absolute Gasteiger partial charge is 0.481 e. The predicted molar refractivity (Wildman–Crippen MR) is 65.9 cm³/mol. The molecule has 0 saturated carbocycles. The molecule has 0 spiro atoms. The molecule has 19 heavy (non-hydrogen) atoms. The van der Waals surface area contributed by atoms with Crippen molar-refractivity contribution in [1.29, 1.82) is 0 Å². The lowest BCUT2D eigenvalue weighted by molar-refractivity contribution is -0.385. The second kappa shape index (κ2) is 4.68. The van der Waals surface area contributed by atoms with Gasteiger partial charge in [0.1, 0.15) is 0 Å². The summed E-state index contributed by atoms with van der Waals surface area (Å²) >= 11 is 0. The molecule has 100 valence electrons. The van der Waals surface area contributed by atoms with E-state index in [2.05, 4.69) is 0 Å². The SMILES string of the molecule is Cc1c(N2C[C@@H](C(=O)O)CC2=O)cccc1[N+](=O)[O-]. The standard InChI is InChI=1S/C12H12N2O5/c1-7-9(3-2-4-10(7)14(18)19)13-6-8(12(16)17)5-11(13)15/h2-4,8H,5-6H2,1H3,(H,16,17)/t8-/m0/s1. The van der Waals surface area contributed by atoms with E-state index in [0.717, 1.165) is 0 Å². The minimum atomic E-state index is -1.03. The Morgan fingerprint density at radius 1 is 1.53 bits per heavy atom. The van der Waals surface area contributed by atoms with Crippen molar-refractivity contribution < 1.29 is 19.6 Å². The van der Waals surface area contributed by atoms with Crippen LogP contribution in [0.1, 0.15) is 12.0 Å². The van der Waals surface area contributed by atoms with E-state index in [4.69, 9.17) is 5.11 Å². The number of carboxylic acid groups (broad SMARTS) is 1. The zero-order chi connectivity index (χ0) is 14.2. The molecule has 0 unspecified atom stereocenters. The van der Waals surface area contributed by atoms with Crippen molar-refractivity contribution in [3.8, 4) is 0 Å².